The Hall–Kier alpha value is -1.68. The van der Waals surface area contributed by atoms with E-state index in [-0.39, 0.29) is 19.0 Å². The van der Waals surface area contributed by atoms with Crippen molar-refractivity contribution >= 4 is 22.1 Å². The molecule has 1 aliphatic rings. The third kappa shape index (κ3) is 3.20. The fraction of sp³-hybridized carbons (Fsp3) is 0.667. The van der Waals surface area contributed by atoms with Crippen molar-refractivity contribution in [2.75, 3.05) is 17.8 Å². The summed E-state index contributed by atoms with van der Waals surface area (Å²) in [7, 11) is -3.73. The molecule has 3 N–H and O–H groups in total. The van der Waals surface area contributed by atoms with Crippen LogP contribution in [-0.4, -0.2) is 52.1 Å². The van der Waals surface area contributed by atoms with Crippen LogP contribution in [0.1, 0.15) is 18.7 Å². The lowest BCUT2D eigenvalue weighted by Gasteiger charge is -2.28. The summed E-state index contributed by atoms with van der Waals surface area (Å²) in [5.74, 6) is -0.869. The number of aromatic amines is 1. The molecular weight excluding hydrogens is 274 g/mol. The number of rotatable bonds is 4. The highest BCUT2D eigenvalue weighted by molar-refractivity contribution is 7.90. The van der Waals surface area contributed by atoms with Gasteiger partial charge in [0.1, 0.15) is 5.82 Å². The largest absolute Gasteiger partial charge is 0.481 e. The predicted molar refractivity (Wildman–Crippen MR) is 65.6 cm³/mol. The van der Waals surface area contributed by atoms with Crippen molar-refractivity contribution in [2.24, 2.45) is 5.92 Å². The Bertz CT molecular complexity index is 561. The molecule has 1 aromatic heterocycles. The second-order valence-electron chi connectivity index (χ2n) is 4.36. The third-order valence-electron chi connectivity index (χ3n) is 2.96. The monoisotopic (exact) mass is 289 g/mol. The highest BCUT2D eigenvalue weighted by atomic mass is 32.2. The van der Waals surface area contributed by atoms with Gasteiger partial charge in [-0.05, 0) is 19.8 Å². The van der Waals surface area contributed by atoms with Gasteiger partial charge in [0.2, 0.25) is 0 Å². The summed E-state index contributed by atoms with van der Waals surface area (Å²) in [6.07, 6.45) is 0.618. The summed E-state index contributed by atoms with van der Waals surface area (Å²) in [6.45, 7) is 2.01. The molecule has 0 bridgehead atoms. The van der Waals surface area contributed by atoms with Crippen LogP contribution >= 0.6 is 0 Å². The maximum atomic E-state index is 12.0. The summed E-state index contributed by atoms with van der Waals surface area (Å²) in [5.41, 5.74) is 0. The number of piperidine rings is 1. The van der Waals surface area contributed by atoms with Crippen molar-refractivity contribution in [3.8, 4) is 0 Å². The summed E-state index contributed by atoms with van der Waals surface area (Å²) in [4.78, 5) is 14.7. The number of aromatic nitrogens is 3. The van der Waals surface area contributed by atoms with Crippen molar-refractivity contribution in [1.82, 2.24) is 19.5 Å². The van der Waals surface area contributed by atoms with Crippen molar-refractivity contribution in [1.29, 1.82) is 0 Å². The standard InChI is InChI=1S/C9H15N5O4S/c1-6-10-9(12-11-6)13-19(17,18)14-4-2-7(3-5-14)8(15)16/h7H,2-5H2,1H3,(H,15,16)(H2,10,11,12,13). The van der Waals surface area contributed by atoms with E-state index in [0.717, 1.165) is 0 Å². The van der Waals surface area contributed by atoms with E-state index < -0.39 is 22.1 Å². The van der Waals surface area contributed by atoms with Crippen LogP contribution in [0.15, 0.2) is 0 Å². The van der Waals surface area contributed by atoms with Crippen LogP contribution in [0.4, 0.5) is 5.95 Å². The number of aliphatic carboxylic acids is 1. The van der Waals surface area contributed by atoms with E-state index in [4.69, 9.17) is 5.11 Å². The molecule has 0 amide bonds. The lowest BCUT2D eigenvalue weighted by molar-refractivity contribution is -0.142. The second-order valence-corrected chi connectivity index (χ2v) is 6.03. The van der Waals surface area contributed by atoms with Crippen LogP contribution in [0.25, 0.3) is 0 Å². The smallest absolute Gasteiger partial charge is 0.306 e. The number of anilines is 1. The first-order valence-corrected chi connectivity index (χ1v) is 7.22. The van der Waals surface area contributed by atoms with Gasteiger partial charge >= 0.3 is 16.2 Å². The number of carbonyl (C=O) groups is 1. The molecule has 106 valence electrons. The van der Waals surface area contributed by atoms with Gasteiger partial charge in [-0.1, -0.05) is 0 Å². The molecular formula is C9H15N5O4S. The molecule has 0 aliphatic carbocycles. The number of nitrogens with zero attached hydrogens (tertiary/aromatic N) is 3. The van der Waals surface area contributed by atoms with E-state index in [1.165, 1.54) is 4.31 Å². The number of carboxylic acids is 1. The topological polar surface area (TPSA) is 128 Å². The van der Waals surface area contributed by atoms with Crippen LogP contribution in [0.3, 0.4) is 0 Å². The molecule has 1 aromatic rings. The van der Waals surface area contributed by atoms with Crippen LogP contribution in [0.5, 0.6) is 0 Å². The molecule has 19 heavy (non-hydrogen) atoms. The van der Waals surface area contributed by atoms with Crippen LogP contribution < -0.4 is 4.72 Å². The summed E-state index contributed by atoms with van der Waals surface area (Å²) in [5, 5.41) is 15.1. The molecule has 0 spiro atoms. The molecule has 0 saturated carbocycles. The Balaban J connectivity index is 1.99. The van der Waals surface area contributed by atoms with E-state index in [2.05, 4.69) is 19.9 Å². The molecule has 10 heteroatoms. The van der Waals surface area contributed by atoms with Gasteiger partial charge in [0.15, 0.2) is 0 Å². The molecule has 0 radical (unpaired) electrons. The Morgan fingerprint density at radius 3 is 2.58 bits per heavy atom. The van der Waals surface area contributed by atoms with Gasteiger partial charge in [0.05, 0.1) is 5.92 Å². The molecule has 0 aromatic carbocycles. The minimum Gasteiger partial charge on any atom is -0.481 e. The average Bonchev–Trinajstić information content (AvgIpc) is 2.74. The first kappa shape index (κ1) is 13.7. The lowest BCUT2D eigenvalue weighted by atomic mass is 9.99. The van der Waals surface area contributed by atoms with Crippen LogP contribution in [0.2, 0.25) is 0 Å². The number of hydrogen-bond acceptors (Lipinski definition) is 5. The second kappa shape index (κ2) is 5.13. The number of aryl methyl sites for hydroxylation is 1. The number of hydrogen-bond donors (Lipinski definition) is 3. The Labute approximate surface area is 110 Å². The number of nitrogens with one attached hydrogen (secondary N) is 2. The molecule has 1 saturated heterocycles. The Morgan fingerprint density at radius 2 is 2.11 bits per heavy atom. The molecule has 2 heterocycles. The third-order valence-corrected chi connectivity index (χ3v) is 4.45. The summed E-state index contributed by atoms with van der Waals surface area (Å²) in [6, 6.07) is 0. The van der Waals surface area contributed by atoms with E-state index in [1.807, 2.05) is 0 Å². The van der Waals surface area contributed by atoms with Gasteiger partial charge < -0.3 is 5.11 Å². The minimum atomic E-state index is -3.73. The van der Waals surface area contributed by atoms with Crippen molar-refractivity contribution < 1.29 is 18.3 Å². The lowest BCUT2D eigenvalue weighted by Crippen LogP contribution is -2.43. The number of carboxylic acid groups (broad SMARTS) is 1. The minimum absolute atomic E-state index is 0.0159. The first-order chi connectivity index (χ1) is 8.88. The zero-order valence-corrected chi connectivity index (χ0v) is 11.1. The molecule has 1 aliphatic heterocycles. The van der Waals surface area contributed by atoms with Crippen LogP contribution in [-0.2, 0) is 15.0 Å². The Morgan fingerprint density at radius 1 is 1.47 bits per heavy atom. The van der Waals surface area contributed by atoms with Gasteiger partial charge in [-0.2, -0.15) is 17.7 Å². The molecule has 1 fully saturated rings. The van der Waals surface area contributed by atoms with Crippen molar-refractivity contribution in [3.63, 3.8) is 0 Å². The normalized spacial score (nSPS) is 18.4. The molecule has 0 atom stereocenters. The predicted octanol–water partition coefficient (Wildman–Crippen LogP) is -0.434. The zero-order chi connectivity index (χ0) is 14.0. The quantitative estimate of drug-likeness (QED) is 0.689. The van der Waals surface area contributed by atoms with Crippen molar-refractivity contribution in [2.45, 2.75) is 19.8 Å². The zero-order valence-electron chi connectivity index (χ0n) is 10.3. The maximum Gasteiger partial charge on any atom is 0.306 e. The van der Waals surface area contributed by atoms with Crippen molar-refractivity contribution in [3.05, 3.63) is 5.82 Å². The SMILES string of the molecule is Cc1nc(NS(=O)(=O)N2CCC(C(=O)O)CC2)n[nH]1. The van der Waals surface area contributed by atoms with Gasteiger partial charge in [0, 0.05) is 13.1 Å². The molecule has 0 unspecified atom stereocenters. The average molecular weight is 289 g/mol. The fourth-order valence-electron chi connectivity index (χ4n) is 1.91. The van der Waals surface area contributed by atoms with Gasteiger partial charge in [-0.15, -0.1) is 5.10 Å². The summed E-state index contributed by atoms with van der Waals surface area (Å²) < 4.78 is 27.5. The van der Waals surface area contributed by atoms with Gasteiger partial charge in [-0.3, -0.25) is 9.89 Å². The van der Waals surface area contributed by atoms with E-state index in [1.54, 1.807) is 6.92 Å². The molecule has 2 rings (SSSR count). The van der Waals surface area contributed by atoms with Gasteiger partial charge in [0.25, 0.3) is 5.95 Å². The maximum absolute atomic E-state index is 12.0. The molecule has 9 nitrogen and oxygen atoms in total. The van der Waals surface area contributed by atoms with Crippen LogP contribution in [0, 0.1) is 12.8 Å². The van der Waals surface area contributed by atoms with E-state index in [0.29, 0.717) is 18.7 Å². The van der Waals surface area contributed by atoms with Gasteiger partial charge in [-0.25, -0.2) is 4.72 Å². The Kier molecular flexibility index (Phi) is 3.71. The highest BCUT2D eigenvalue weighted by Crippen LogP contribution is 2.20. The first-order valence-electron chi connectivity index (χ1n) is 5.78. The highest BCUT2D eigenvalue weighted by Gasteiger charge is 2.31. The van der Waals surface area contributed by atoms with E-state index >= 15 is 0 Å². The number of H-pyrrole nitrogens is 1. The van der Waals surface area contributed by atoms with E-state index in [9.17, 15) is 13.2 Å². The summed E-state index contributed by atoms with van der Waals surface area (Å²) >= 11 is 0. The fourth-order valence-corrected chi connectivity index (χ4v) is 3.05.